The third kappa shape index (κ3) is 5.05. The van der Waals surface area contributed by atoms with Gasteiger partial charge >= 0.3 is 0 Å². The molecule has 1 fully saturated rings. The van der Waals surface area contributed by atoms with E-state index in [1.165, 1.54) is 20.3 Å². The van der Waals surface area contributed by atoms with Crippen molar-refractivity contribution in [3.05, 3.63) is 35.8 Å². The molecule has 2 N–H and O–H groups in total. The summed E-state index contributed by atoms with van der Waals surface area (Å²) >= 11 is 0. The molecule has 0 radical (unpaired) electrons. The number of hydrogen-bond acceptors (Lipinski definition) is 8. The molecule has 1 aliphatic rings. The minimum Gasteiger partial charge on any atom is -0.494 e. The van der Waals surface area contributed by atoms with Gasteiger partial charge in [0.25, 0.3) is 0 Å². The van der Waals surface area contributed by atoms with Crippen LogP contribution in [0.5, 0.6) is 11.5 Å². The van der Waals surface area contributed by atoms with E-state index in [1.807, 2.05) is 4.90 Å². The molecule has 0 amide bonds. The molecule has 0 saturated carbocycles. The van der Waals surface area contributed by atoms with Crippen LogP contribution in [0.4, 0.5) is 14.6 Å². The second-order valence-corrected chi connectivity index (χ2v) is 8.90. The van der Waals surface area contributed by atoms with Gasteiger partial charge in [-0.2, -0.15) is 0 Å². The standard InChI is InChI=1S/C26H34F2N6O2/c1-5-33(6-2)10-7-9-17(29)25-30-15-16-13-18(31-26(24(16)32-25)34-11-8-12-34)21-22(27)19(35-3)14-20(36-4)23(21)28/h13-15,17H,5-12,29H2,1-4H3. The van der Waals surface area contributed by atoms with Crippen molar-refractivity contribution in [2.75, 3.05) is 51.8 Å². The van der Waals surface area contributed by atoms with Gasteiger partial charge in [0.05, 0.1) is 31.5 Å². The zero-order chi connectivity index (χ0) is 25.8. The highest BCUT2D eigenvalue weighted by atomic mass is 19.1. The lowest BCUT2D eigenvalue weighted by Crippen LogP contribution is -2.38. The van der Waals surface area contributed by atoms with Gasteiger partial charge in [0, 0.05) is 30.7 Å². The van der Waals surface area contributed by atoms with Gasteiger partial charge in [0.15, 0.2) is 29.0 Å². The predicted octanol–water partition coefficient (Wildman–Crippen LogP) is 4.32. The maximum absolute atomic E-state index is 15.2. The molecule has 0 bridgehead atoms. The molecule has 1 aromatic carbocycles. The minimum atomic E-state index is -0.843. The number of ether oxygens (including phenoxy) is 2. The van der Waals surface area contributed by atoms with Crippen LogP contribution in [0.2, 0.25) is 0 Å². The van der Waals surface area contributed by atoms with Crippen molar-refractivity contribution in [1.82, 2.24) is 19.9 Å². The van der Waals surface area contributed by atoms with Crippen molar-refractivity contribution in [2.45, 2.75) is 39.2 Å². The first-order valence-electron chi connectivity index (χ1n) is 12.4. The fraction of sp³-hybridized carbons (Fsp3) is 0.500. The molecule has 0 aliphatic carbocycles. The van der Waals surface area contributed by atoms with Crippen LogP contribution in [0.1, 0.15) is 45.0 Å². The van der Waals surface area contributed by atoms with Crippen molar-refractivity contribution < 1.29 is 18.3 Å². The predicted molar refractivity (Wildman–Crippen MR) is 137 cm³/mol. The summed E-state index contributed by atoms with van der Waals surface area (Å²) in [5.74, 6) is -0.835. The first-order valence-corrected chi connectivity index (χ1v) is 12.4. The summed E-state index contributed by atoms with van der Waals surface area (Å²) in [4.78, 5) is 18.3. The number of nitrogens with zero attached hydrogens (tertiary/aromatic N) is 5. The van der Waals surface area contributed by atoms with E-state index in [1.54, 1.807) is 12.3 Å². The van der Waals surface area contributed by atoms with Gasteiger partial charge < -0.3 is 25.0 Å². The maximum Gasteiger partial charge on any atom is 0.177 e. The number of fused-ring (bicyclic) bond motifs is 1. The van der Waals surface area contributed by atoms with Gasteiger partial charge in [-0.15, -0.1) is 0 Å². The summed E-state index contributed by atoms with van der Waals surface area (Å²) in [6.07, 6.45) is 4.36. The van der Waals surface area contributed by atoms with Crippen LogP contribution in [0.25, 0.3) is 22.2 Å². The second kappa shape index (κ2) is 11.3. The third-order valence-corrected chi connectivity index (χ3v) is 6.77. The molecular weight excluding hydrogens is 466 g/mol. The topological polar surface area (TPSA) is 89.6 Å². The monoisotopic (exact) mass is 500 g/mol. The molecule has 0 spiro atoms. The molecule has 2 aromatic heterocycles. The molecular formula is C26H34F2N6O2. The van der Waals surface area contributed by atoms with Crippen molar-refractivity contribution in [3.8, 4) is 22.8 Å². The fourth-order valence-electron chi connectivity index (χ4n) is 4.41. The summed E-state index contributed by atoms with van der Waals surface area (Å²) in [5, 5.41) is 0.626. The highest BCUT2D eigenvalue weighted by Crippen LogP contribution is 2.39. The van der Waals surface area contributed by atoms with Crippen molar-refractivity contribution >= 4 is 16.7 Å². The molecule has 8 nitrogen and oxygen atoms in total. The number of nitrogens with two attached hydrogens (primary N) is 1. The van der Waals surface area contributed by atoms with Gasteiger partial charge in [-0.1, -0.05) is 13.8 Å². The Morgan fingerprint density at radius 3 is 2.28 bits per heavy atom. The van der Waals surface area contributed by atoms with Crippen LogP contribution in [0.3, 0.4) is 0 Å². The number of rotatable bonds is 11. The summed E-state index contributed by atoms with van der Waals surface area (Å²) in [6.45, 7) is 8.85. The molecule has 1 unspecified atom stereocenters. The Labute approximate surface area is 210 Å². The molecule has 1 saturated heterocycles. The lowest BCUT2D eigenvalue weighted by atomic mass is 10.1. The number of anilines is 1. The quantitative estimate of drug-likeness (QED) is 0.416. The van der Waals surface area contributed by atoms with Gasteiger partial charge in [-0.25, -0.2) is 23.7 Å². The molecule has 3 aromatic rings. The lowest BCUT2D eigenvalue weighted by molar-refractivity contribution is 0.292. The molecule has 194 valence electrons. The van der Waals surface area contributed by atoms with Crippen LogP contribution in [-0.4, -0.2) is 66.8 Å². The Morgan fingerprint density at radius 2 is 1.72 bits per heavy atom. The normalized spacial score (nSPS) is 14.3. The third-order valence-electron chi connectivity index (χ3n) is 6.77. The average molecular weight is 501 g/mol. The van der Waals surface area contributed by atoms with Crippen molar-refractivity contribution in [3.63, 3.8) is 0 Å². The maximum atomic E-state index is 15.2. The SMILES string of the molecule is CCN(CC)CCCC(N)c1ncc2cc(-c3c(F)c(OC)cc(OC)c3F)nc(N3CCC3)c2n1. The van der Waals surface area contributed by atoms with E-state index in [2.05, 4.69) is 28.7 Å². The molecule has 1 atom stereocenters. The zero-order valence-corrected chi connectivity index (χ0v) is 21.4. The van der Waals surface area contributed by atoms with E-state index in [9.17, 15) is 0 Å². The highest BCUT2D eigenvalue weighted by molar-refractivity contribution is 5.92. The second-order valence-electron chi connectivity index (χ2n) is 8.90. The summed E-state index contributed by atoms with van der Waals surface area (Å²) in [7, 11) is 2.64. The summed E-state index contributed by atoms with van der Waals surface area (Å²) in [6, 6.07) is 2.46. The van der Waals surface area contributed by atoms with Gasteiger partial charge in [-0.3, -0.25) is 0 Å². The van der Waals surface area contributed by atoms with E-state index in [-0.39, 0.29) is 28.8 Å². The van der Waals surface area contributed by atoms with Crippen LogP contribution in [0.15, 0.2) is 18.3 Å². The first-order chi connectivity index (χ1) is 17.4. The van der Waals surface area contributed by atoms with E-state index in [4.69, 9.17) is 20.2 Å². The van der Waals surface area contributed by atoms with Crippen LogP contribution in [0, 0.1) is 11.6 Å². The number of aromatic nitrogens is 3. The zero-order valence-electron chi connectivity index (χ0n) is 21.4. The van der Waals surface area contributed by atoms with Gasteiger partial charge in [0.1, 0.15) is 11.3 Å². The number of methoxy groups -OCH3 is 2. The Bertz CT molecular complexity index is 1190. The van der Waals surface area contributed by atoms with Crippen LogP contribution >= 0.6 is 0 Å². The minimum absolute atomic E-state index is 0.122. The number of pyridine rings is 1. The van der Waals surface area contributed by atoms with E-state index in [0.29, 0.717) is 22.5 Å². The molecule has 4 rings (SSSR count). The number of halogens is 2. The largest absolute Gasteiger partial charge is 0.494 e. The van der Waals surface area contributed by atoms with Crippen LogP contribution < -0.4 is 20.1 Å². The summed E-state index contributed by atoms with van der Waals surface area (Å²) < 4.78 is 40.7. The fourth-order valence-corrected chi connectivity index (χ4v) is 4.41. The van der Waals surface area contributed by atoms with Crippen LogP contribution in [-0.2, 0) is 0 Å². The number of benzene rings is 1. The smallest absolute Gasteiger partial charge is 0.177 e. The van der Waals surface area contributed by atoms with E-state index in [0.717, 1.165) is 52.0 Å². The van der Waals surface area contributed by atoms with Crippen molar-refractivity contribution in [1.29, 1.82) is 0 Å². The van der Waals surface area contributed by atoms with E-state index < -0.39 is 11.6 Å². The van der Waals surface area contributed by atoms with Gasteiger partial charge in [-0.05, 0) is 45.0 Å². The lowest BCUT2D eigenvalue weighted by Gasteiger charge is -2.33. The number of hydrogen-bond donors (Lipinski definition) is 1. The Hall–Kier alpha value is -3.11. The van der Waals surface area contributed by atoms with E-state index >= 15 is 8.78 Å². The highest BCUT2D eigenvalue weighted by Gasteiger charge is 2.27. The first kappa shape index (κ1) is 26.0. The molecule has 1 aliphatic heterocycles. The average Bonchev–Trinajstić information content (AvgIpc) is 2.85. The Morgan fingerprint density at radius 1 is 1.06 bits per heavy atom. The molecule has 3 heterocycles. The molecule has 36 heavy (non-hydrogen) atoms. The molecule has 10 heteroatoms. The van der Waals surface area contributed by atoms with Gasteiger partial charge in [0.2, 0.25) is 0 Å². The Kier molecular flexibility index (Phi) is 8.15. The Balaban J connectivity index is 1.74. The van der Waals surface area contributed by atoms with Crippen molar-refractivity contribution in [2.24, 2.45) is 5.73 Å². The summed E-state index contributed by atoms with van der Waals surface area (Å²) in [5.41, 5.74) is 6.88.